The van der Waals surface area contributed by atoms with Crippen LogP contribution in [0.25, 0.3) is 0 Å². The number of likely N-dealkylation sites (N-methyl/N-ethyl adjacent to an activating group) is 1. The van der Waals surface area contributed by atoms with Crippen LogP contribution < -0.4 is 10.6 Å². The van der Waals surface area contributed by atoms with E-state index >= 15 is 0 Å². The van der Waals surface area contributed by atoms with Crippen LogP contribution in [0.3, 0.4) is 0 Å². The Morgan fingerprint density at radius 3 is 2.17 bits per heavy atom. The van der Waals surface area contributed by atoms with Crippen molar-refractivity contribution in [3.8, 4) is 0 Å². The van der Waals surface area contributed by atoms with E-state index in [1.165, 1.54) is 31.4 Å². The standard InChI is InChI=1S/C30H59ClN4O/c1-11-14-24(20-30(7,8)32-12-2)33-29-28(36-29)27(19-21(4)31)22(5)23(6)35(13-3)26-17-15-25(16-18-26)34(9)10/h20-23,25-29,32-33H,11-19H2,1-10H3/b24-20+. The van der Waals surface area contributed by atoms with Crippen LogP contribution in [0.2, 0.25) is 0 Å². The second-order valence-electron chi connectivity index (χ2n) is 12.4. The van der Waals surface area contributed by atoms with Crippen molar-refractivity contribution in [3.05, 3.63) is 11.8 Å². The molecule has 0 spiro atoms. The van der Waals surface area contributed by atoms with Crippen LogP contribution >= 0.6 is 11.6 Å². The molecule has 0 bridgehead atoms. The highest BCUT2D eigenvalue weighted by Gasteiger charge is 2.49. The molecule has 0 amide bonds. The van der Waals surface area contributed by atoms with Gasteiger partial charge < -0.3 is 20.3 Å². The molecule has 0 aromatic rings. The van der Waals surface area contributed by atoms with Crippen LogP contribution in [0.1, 0.15) is 100 Å². The number of allylic oxidation sites excluding steroid dienone is 1. The highest BCUT2D eigenvalue weighted by atomic mass is 35.5. The lowest BCUT2D eigenvalue weighted by atomic mass is 9.80. The molecule has 2 N–H and O–H groups in total. The topological polar surface area (TPSA) is 43.1 Å². The summed E-state index contributed by atoms with van der Waals surface area (Å²) in [5.41, 5.74) is 1.26. The van der Waals surface area contributed by atoms with Gasteiger partial charge in [0.05, 0.1) is 0 Å². The smallest absolute Gasteiger partial charge is 0.154 e. The van der Waals surface area contributed by atoms with Crippen LogP contribution in [-0.2, 0) is 4.74 Å². The SMILES string of the molecule is CCC/C(=C\C(C)(C)NCC)NC1OC1C(CC(C)Cl)C(C)C(C)N(CC)C1CCC(N(C)C)CC1. The maximum atomic E-state index is 6.61. The molecular weight excluding hydrogens is 468 g/mol. The Morgan fingerprint density at radius 1 is 1.06 bits per heavy atom. The van der Waals surface area contributed by atoms with Gasteiger partial charge >= 0.3 is 0 Å². The number of epoxide rings is 1. The third-order valence-electron chi connectivity index (χ3n) is 8.75. The first kappa shape index (κ1) is 31.9. The largest absolute Gasteiger partial charge is 0.362 e. The normalized spacial score (nSPS) is 28.8. The molecule has 0 radical (unpaired) electrons. The molecule has 0 aromatic carbocycles. The van der Waals surface area contributed by atoms with E-state index in [-0.39, 0.29) is 23.2 Å². The van der Waals surface area contributed by atoms with Crippen molar-refractivity contribution in [1.29, 1.82) is 0 Å². The fourth-order valence-corrected chi connectivity index (χ4v) is 6.82. The summed E-state index contributed by atoms with van der Waals surface area (Å²) in [6.45, 7) is 20.3. The summed E-state index contributed by atoms with van der Waals surface area (Å²) < 4.78 is 6.35. The van der Waals surface area contributed by atoms with Gasteiger partial charge in [0, 0.05) is 34.7 Å². The van der Waals surface area contributed by atoms with E-state index in [2.05, 4.69) is 96.0 Å². The summed E-state index contributed by atoms with van der Waals surface area (Å²) in [6.07, 6.45) is 11.1. The fraction of sp³-hybridized carbons (Fsp3) is 0.933. The van der Waals surface area contributed by atoms with Crippen LogP contribution in [0, 0.1) is 11.8 Å². The molecular formula is C30H59ClN4O. The number of hydrogen-bond acceptors (Lipinski definition) is 5. The average molecular weight is 527 g/mol. The van der Waals surface area contributed by atoms with E-state index in [1.54, 1.807) is 0 Å². The Balaban J connectivity index is 2.08. The van der Waals surface area contributed by atoms with Gasteiger partial charge in [0.1, 0.15) is 6.10 Å². The van der Waals surface area contributed by atoms with Crippen molar-refractivity contribution < 1.29 is 4.74 Å². The molecule has 6 heteroatoms. The molecule has 1 heterocycles. The zero-order valence-electron chi connectivity index (χ0n) is 25.2. The van der Waals surface area contributed by atoms with Gasteiger partial charge in [-0.25, -0.2) is 0 Å². The summed E-state index contributed by atoms with van der Waals surface area (Å²) >= 11 is 6.61. The van der Waals surface area contributed by atoms with Crippen molar-refractivity contribution in [2.45, 2.75) is 142 Å². The molecule has 2 aliphatic rings. The number of alkyl halides is 1. The van der Waals surface area contributed by atoms with Gasteiger partial charge in [-0.3, -0.25) is 4.90 Å². The van der Waals surface area contributed by atoms with Gasteiger partial charge in [-0.05, 0) is 111 Å². The third-order valence-corrected chi connectivity index (χ3v) is 8.93. The van der Waals surface area contributed by atoms with Crippen LogP contribution in [0.15, 0.2) is 11.8 Å². The Bertz CT molecular complexity index is 659. The molecule has 6 unspecified atom stereocenters. The number of hydrogen-bond donors (Lipinski definition) is 2. The summed E-state index contributed by atoms with van der Waals surface area (Å²) in [5, 5.41) is 7.49. The second kappa shape index (κ2) is 14.7. The molecule has 1 saturated carbocycles. The van der Waals surface area contributed by atoms with E-state index in [0.29, 0.717) is 23.9 Å². The summed E-state index contributed by atoms with van der Waals surface area (Å²) in [4.78, 5) is 5.20. The number of nitrogens with zero attached hydrogens (tertiary/aromatic N) is 2. The third kappa shape index (κ3) is 9.45. The minimum Gasteiger partial charge on any atom is -0.362 e. The monoisotopic (exact) mass is 526 g/mol. The van der Waals surface area contributed by atoms with Gasteiger partial charge in [-0.2, -0.15) is 0 Å². The molecule has 1 aliphatic carbocycles. The van der Waals surface area contributed by atoms with Crippen molar-refractivity contribution in [2.75, 3.05) is 27.2 Å². The number of rotatable bonds is 16. The summed E-state index contributed by atoms with van der Waals surface area (Å²) in [6, 6.07) is 1.95. The first-order chi connectivity index (χ1) is 16.9. The molecule has 1 aliphatic heterocycles. The maximum Gasteiger partial charge on any atom is 0.154 e. The molecule has 1 saturated heterocycles. The van der Waals surface area contributed by atoms with Crippen molar-refractivity contribution >= 4 is 11.6 Å². The lowest BCUT2D eigenvalue weighted by Gasteiger charge is -2.44. The zero-order chi connectivity index (χ0) is 27.0. The molecule has 6 atom stereocenters. The first-order valence-electron chi connectivity index (χ1n) is 14.9. The molecule has 5 nitrogen and oxygen atoms in total. The minimum atomic E-state index is -0.0320. The second-order valence-corrected chi connectivity index (χ2v) is 13.1. The molecule has 212 valence electrons. The Morgan fingerprint density at radius 2 is 1.67 bits per heavy atom. The molecule has 2 rings (SSSR count). The van der Waals surface area contributed by atoms with E-state index in [0.717, 1.165) is 38.4 Å². The highest BCUT2D eigenvalue weighted by Crippen LogP contribution is 2.40. The lowest BCUT2D eigenvalue weighted by Crippen LogP contribution is -2.49. The fourth-order valence-electron chi connectivity index (χ4n) is 6.61. The van der Waals surface area contributed by atoms with E-state index in [1.807, 2.05) is 0 Å². The van der Waals surface area contributed by atoms with E-state index in [4.69, 9.17) is 16.3 Å². The van der Waals surface area contributed by atoms with Crippen LogP contribution in [-0.4, -0.2) is 78.4 Å². The Hall–Kier alpha value is -0.330. The summed E-state index contributed by atoms with van der Waals surface area (Å²) in [5.74, 6) is 0.966. The van der Waals surface area contributed by atoms with Crippen molar-refractivity contribution in [2.24, 2.45) is 11.8 Å². The van der Waals surface area contributed by atoms with Gasteiger partial charge in [0.2, 0.25) is 0 Å². The Labute approximate surface area is 229 Å². The predicted octanol–water partition coefficient (Wildman–Crippen LogP) is 6.23. The van der Waals surface area contributed by atoms with Gasteiger partial charge in [0.25, 0.3) is 0 Å². The average Bonchev–Trinajstić information content (AvgIpc) is 3.56. The molecule has 2 fully saturated rings. The number of nitrogens with one attached hydrogen (secondary N) is 2. The lowest BCUT2D eigenvalue weighted by molar-refractivity contribution is 0.0484. The summed E-state index contributed by atoms with van der Waals surface area (Å²) in [7, 11) is 4.46. The predicted molar refractivity (Wildman–Crippen MR) is 157 cm³/mol. The first-order valence-corrected chi connectivity index (χ1v) is 15.3. The zero-order valence-corrected chi connectivity index (χ0v) is 26.0. The van der Waals surface area contributed by atoms with Crippen LogP contribution in [0.4, 0.5) is 0 Å². The van der Waals surface area contributed by atoms with Gasteiger partial charge in [-0.15, -0.1) is 11.6 Å². The van der Waals surface area contributed by atoms with Crippen molar-refractivity contribution in [1.82, 2.24) is 20.4 Å². The number of halogens is 1. The van der Waals surface area contributed by atoms with Crippen molar-refractivity contribution in [3.63, 3.8) is 0 Å². The van der Waals surface area contributed by atoms with E-state index < -0.39 is 0 Å². The number of ether oxygens (including phenoxy) is 1. The quantitative estimate of drug-likeness (QED) is 0.184. The highest BCUT2D eigenvalue weighted by molar-refractivity contribution is 6.20. The minimum absolute atomic E-state index is 0.0320. The van der Waals surface area contributed by atoms with Gasteiger partial charge in [-0.1, -0.05) is 34.1 Å². The van der Waals surface area contributed by atoms with E-state index in [9.17, 15) is 0 Å². The van der Waals surface area contributed by atoms with Crippen LogP contribution in [0.5, 0.6) is 0 Å². The molecule has 36 heavy (non-hydrogen) atoms. The Kier molecular flexibility index (Phi) is 13.0. The maximum absolute atomic E-state index is 6.61. The molecule has 0 aromatic heterocycles. The van der Waals surface area contributed by atoms with Gasteiger partial charge in [0.15, 0.2) is 6.23 Å².